The summed E-state index contributed by atoms with van der Waals surface area (Å²) in [5.41, 5.74) is 0.988. The molecule has 0 aromatic carbocycles. The van der Waals surface area contributed by atoms with Gasteiger partial charge < -0.3 is 25.6 Å². The van der Waals surface area contributed by atoms with Crippen LogP contribution in [0.4, 0.5) is 5.82 Å². The van der Waals surface area contributed by atoms with Crippen LogP contribution in [-0.2, 0) is 9.53 Å². The smallest absolute Gasteiger partial charge is 0.252 e. The second-order valence-corrected chi connectivity index (χ2v) is 6.53. The maximum Gasteiger partial charge on any atom is 0.252 e. The number of hydrogen-bond donors (Lipinski definition) is 4. The number of likely N-dealkylation sites (N-methyl/N-ethyl adjacent to an activating group) is 1. The van der Waals surface area contributed by atoms with Gasteiger partial charge in [-0.05, 0) is 19.8 Å². The van der Waals surface area contributed by atoms with Crippen LogP contribution in [0, 0.1) is 0 Å². The van der Waals surface area contributed by atoms with Crippen LogP contribution in [-0.4, -0.2) is 66.5 Å². The third kappa shape index (κ3) is 3.60. The molecule has 1 aliphatic heterocycles. The molecule has 1 unspecified atom stereocenters. The highest BCUT2D eigenvalue weighted by Gasteiger charge is 2.47. The Kier molecular flexibility index (Phi) is 5.88. The van der Waals surface area contributed by atoms with E-state index < -0.39 is 30.4 Å². The Morgan fingerprint density at radius 1 is 1.22 bits per heavy atom. The molecule has 1 amide bonds. The third-order valence-corrected chi connectivity index (χ3v) is 4.81. The molecule has 0 aliphatic carbocycles. The standard InChI is InChI=1S/C17H26N6O4/c1-4-9(5-2)22-14-10-15(20-7-19-14)23(8-21-10)17-12(25)11(24)13(27-17)16(26)18-6-3/h7-9,11-13,17,24-25H,4-6H2,1-3H3,(H,18,26)(H,19,20,22)/t11-,12+,13-,17?/m0/s1. The molecule has 10 heteroatoms. The number of fused-ring (bicyclic) bond motifs is 1. The van der Waals surface area contributed by atoms with Crippen LogP contribution in [0.2, 0.25) is 0 Å². The number of anilines is 1. The van der Waals surface area contributed by atoms with Crippen molar-refractivity contribution in [3.63, 3.8) is 0 Å². The van der Waals surface area contributed by atoms with Crippen LogP contribution in [0.25, 0.3) is 11.2 Å². The van der Waals surface area contributed by atoms with Gasteiger partial charge in [0.2, 0.25) is 0 Å². The molecule has 2 aromatic rings. The third-order valence-electron chi connectivity index (χ3n) is 4.81. The number of nitrogens with zero attached hydrogens (tertiary/aromatic N) is 4. The first-order valence-corrected chi connectivity index (χ1v) is 9.25. The summed E-state index contributed by atoms with van der Waals surface area (Å²) in [6.07, 6.45) is -0.0212. The maximum absolute atomic E-state index is 12.1. The molecule has 0 radical (unpaired) electrons. The molecule has 4 atom stereocenters. The number of aliphatic hydroxyl groups excluding tert-OH is 2. The highest BCUT2D eigenvalue weighted by atomic mass is 16.6. The lowest BCUT2D eigenvalue weighted by Gasteiger charge is -2.17. The number of nitrogens with one attached hydrogen (secondary N) is 2. The van der Waals surface area contributed by atoms with E-state index in [0.717, 1.165) is 12.8 Å². The molecule has 1 saturated heterocycles. The fourth-order valence-corrected chi connectivity index (χ4v) is 3.21. The largest absolute Gasteiger partial charge is 0.387 e. The lowest BCUT2D eigenvalue weighted by atomic mass is 10.1. The Morgan fingerprint density at radius 3 is 2.63 bits per heavy atom. The van der Waals surface area contributed by atoms with Crippen molar-refractivity contribution >= 4 is 22.9 Å². The van der Waals surface area contributed by atoms with Crippen LogP contribution < -0.4 is 10.6 Å². The fraction of sp³-hybridized carbons (Fsp3) is 0.647. The van der Waals surface area contributed by atoms with Crippen molar-refractivity contribution in [2.45, 2.75) is 64.2 Å². The van der Waals surface area contributed by atoms with Crippen LogP contribution in [0.1, 0.15) is 39.8 Å². The molecule has 27 heavy (non-hydrogen) atoms. The summed E-state index contributed by atoms with van der Waals surface area (Å²) in [5.74, 6) is 0.127. The van der Waals surface area contributed by atoms with Gasteiger partial charge in [0.25, 0.3) is 5.91 Å². The molecule has 10 nitrogen and oxygen atoms in total. The lowest BCUT2D eigenvalue weighted by molar-refractivity contribution is -0.137. The molecular weight excluding hydrogens is 352 g/mol. The number of carbonyl (C=O) groups is 1. The van der Waals surface area contributed by atoms with Gasteiger partial charge in [0.1, 0.15) is 18.5 Å². The Hall–Kier alpha value is -2.30. The second kappa shape index (κ2) is 8.15. The highest BCUT2D eigenvalue weighted by molar-refractivity contribution is 5.83. The van der Waals surface area contributed by atoms with Gasteiger partial charge >= 0.3 is 0 Å². The quantitative estimate of drug-likeness (QED) is 0.536. The Labute approximate surface area is 157 Å². The van der Waals surface area contributed by atoms with E-state index in [-0.39, 0.29) is 6.04 Å². The number of carbonyl (C=O) groups excluding carboxylic acids is 1. The molecule has 0 saturated carbocycles. The van der Waals surface area contributed by atoms with Gasteiger partial charge in [0.05, 0.1) is 6.33 Å². The predicted molar refractivity (Wildman–Crippen MR) is 97.9 cm³/mol. The molecular formula is C17H26N6O4. The average molecular weight is 378 g/mol. The Bertz CT molecular complexity index is 793. The average Bonchev–Trinajstić information content (AvgIpc) is 3.22. The first kappa shape index (κ1) is 19.5. The van der Waals surface area contributed by atoms with Gasteiger partial charge in [-0.15, -0.1) is 0 Å². The van der Waals surface area contributed by atoms with E-state index in [4.69, 9.17) is 4.74 Å². The van der Waals surface area contributed by atoms with E-state index in [1.54, 1.807) is 6.92 Å². The van der Waals surface area contributed by atoms with Crippen molar-refractivity contribution in [2.24, 2.45) is 0 Å². The predicted octanol–water partition coefficient (Wildman–Crippen LogP) is 0.182. The monoisotopic (exact) mass is 378 g/mol. The normalized spacial score (nSPS) is 25.3. The van der Waals surface area contributed by atoms with Gasteiger partial charge in [-0.3, -0.25) is 9.36 Å². The summed E-state index contributed by atoms with van der Waals surface area (Å²) in [4.78, 5) is 24.9. The second-order valence-electron chi connectivity index (χ2n) is 6.53. The minimum Gasteiger partial charge on any atom is -0.387 e. The molecule has 148 valence electrons. The zero-order valence-electron chi connectivity index (χ0n) is 15.7. The van der Waals surface area contributed by atoms with Crippen molar-refractivity contribution in [1.82, 2.24) is 24.8 Å². The number of amides is 1. The van der Waals surface area contributed by atoms with Crippen LogP contribution >= 0.6 is 0 Å². The number of aliphatic hydroxyl groups is 2. The van der Waals surface area contributed by atoms with E-state index >= 15 is 0 Å². The van der Waals surface area contributed by atoms with Gasteiger partial charge in [-0.25, -0.2) is 15.0 Å². The van der Waals surface area contributed by atoms with Gasteiger partial charge in [-0.2, -0.15) is 0 Å². The van der Waals surface area contributed by atoms with E-state index in [0.29, 0.717) is 23.5 Å². The van der Waals surface area contributed by atoms with E-state index in [1.165, 1.54) is 17.2 Å². The Balaban J connectivity index is 1.90. The number of imidazole rings is 1. The highest BCUT2D eigenvalue weighted by Crippen LogP contribution is 2.32. The van der Waals surface area contributed by atoms with Crippen molar-refractivity contribution < 1.29 is 19.7 Å². The molecule has 3 heterocycles. The number of aromatic nitrogens is 4. The summed E-state index contributed by atoms with van der Waals surface area (Å²) in [5, 5.41) is 26.6. The van der Waals surface area contributed by atoms with Crippen LogP contribution in [0.3, 0.4) is 0 Å². The minimum absolute atomic E-state index is 0.255. The van der Waals surface area contributed by atoms with E-state index in [2.05, 4.69) is 39.4 Å². The lowest BCUT2D eigenvalue weighted by Crippen LogP contribution is -2.42. The van der Waals surface area contributed by atoms with E-state index in [9.17, 15) is 15.0 Å². The van der Waals surface area contributed by atoms with E-state index in [1.807, 2.05) is 0 Å². The molecule has 0 bridgehead atoms. The minimum atomic E-state index is -1.34. The maximum atomic E-state index is 12.1. The van der Waals surface area contributed by atoms with Gasteiger partial charge in [-0.1, -0.05) is 13.8 Å². The molecule has 2 aromatic heterocycles. The van der Waals surface area contributed by atoms with Crippen molar-refractivity contribution in [1.29, 1.82) is 0 Å². The van der Waals surface area contributed by atoms with Gasteiger partial charge in [0, 0.05) is 12.6 Å². The van der Waals surface area contributed by atoms with Crippen molar-refractivity contribution in [3.05, 3.63) is 12.7 Å². The summed E-state index contributed by atoms with van der Waals surface area (Å²) in [6.45, 7) is 6.34. The van der Waals surface area contributed by atoms with Crippen LogP contribution in [0.5, 0.6) is 0 Å². The summed E-state index contributed by atoms with van der Waals surface area (Å²) < 4.78 is 7.16. The van der Waals surface area contributed by atoms with Crippen molar-refractivity contribution in [2.75, 3.05) is 11.9 Å². The molecule has 1 fully saturated rings. The summed E-state index contributed by atoms with van der Waals surface area (Å²) in [7, 11) is 0. The summed E-state index contributed by atoms with van der Waals surface area (Å²) in [6, 6.07) is 0.255. The fourth-order valence-electron chi connectivity index (χ4n) is 3.21. The zero-order chi connectivity index (χ0) is 19.6. The SMILES string of the molecule is CCNC(=O)[C@H]1OC(n2cnc3c(NC(CC)CC)ncnc32)[C@H](O)[C@@H]1O. The summed E-state index contributed by atoms with van der Waals surface area (Å²) >= 11 is 0. The van der Waals surface area contributed by atoms with Gasteiger partial charge in [0.15, 0.2) is 29.3 Å². The molecule has 0 spiro atoms. The zero-order valence-corrected chi connectivity index (χ0v) is 15.7. The first-order chi connectivity index (χ1) is 13.0. The number of hydrogen-bond acceptors (Lipinski definition) is 8. The Morgan fingerprint density at radius 2 is 1.96 bits per heavy atom. The number of rotatable bonds is 7. The van der Waals surface area contributed by atoms with Crippen molar-refractivity contribution in [3.8, 4) is 0 Å². The van der Waals surface area contributed by atoms with Crippen LogP contribution in [0.15, 0.2) is 12.7 Å². The topological polar surface area (TPSA) is 134 Å². The molecule has 3 rings (SSSR count). The number of ether oxygens (including phenoxy) is 1. The first-order valence-electron chi connectivity index (χ1n) is 9.25. The molecule has 1 aliphatic rings. The molecule has 4 N–H and O–H groups in total.